The number of nitrogens with one attached hydrogen (secondary N) is 1. The summed E-state index contributed by atoms with van der Waals surface area (Å²) >= 11 is 0. The van der Waals surface area contributed by atoms with Crippen LogP contribution in [0.3, 0.4) is 0 Å². The van der Waals surface area contributed by atoms with Crippen molar-refractivity contribution < 1.29 is 19.1 Å². The number of esters is 1. The number of hydrogen-bond acceptors (Lipinski definition) is 4. The smallest absolute Gasteiger partial charge is 0.407 e. The third-order valence-electron chi connectivity index (χ3n) is 3.18. The highest BCUT2D eigenvalue weighted by atomic mass is 16.6. The van der Waals surface area contributed by atoms with Gasteiger partial charge in [0.25, 0.3) is 0 Å². The Bertz CT molecular complexity index is 518. The Morgan fingerprint density at radius 1 is 1.04 bits per heavy atom. The van der Waals surface area contributed by atoms with Gasteiger partial charge in [0.1, 0.15) is 12.2 Å². The van der Waals surface area contributed by atoms with Crippen LogP contribution >= 0.6 is 0 Å². The molecule has 1 aromatic rings. The van der Waals surface area contributed by atoms with E-state index < -0.39 is 17.1 Å². The first-order valence-corrected chi connectivity index (χ1v) is 7.78. The van der Waals surface area contributed by atoms with E-state index in [4.69, 9.17) is 9.47 Å². The first-order valence-electron chi connectivity index (χ1n) is 7.78. The fraction of sp³-hybridized carbons (Fsp3) is 0.556. The van der Waals surface area contributed by atoms with Crippen LogP contribution in [0.4, 0.5) is 4.79 Å². The monoisotopic (exact) mass is 321 g/mol. The molecule has 0 saturated heterocycles. The zero-order valence-corrected chi connectivity index (χ0v) is 14.6. The van der Waals surface area contributed by atoms with Gasteiger partial charge in [-0.2, -0.15) is 0 Å². The van der Waals surface area contributed by atoms with E-state index in [-0.39, 0.29) is 12.6 Å². The Morgan fingerprint density at radius 2 is 1.65 bits per heavy atom. The normalized spacial score (nSPS) is 11.7. The molecule has 23 heavy (non-hydrogen) atoms. The van der Waals surface area contributed by atoms with Crippen LogP contribution in [0, 0.1) is 5.41 Å². The lowest BCUT2D eigenvalue weighted by Gasteiger charge is -2.24. The summed E-state index contributed by atoms with van der Waals surface area (Å²) in [5.74, 6) is -0.285. The van der Waals surface area contributed by atoms with Gasteiger partial charge >= 0.3 is 12.1 Å². The van der Waals surface area contributed by atoms with Gasteiger partial charge < -0.3 is 14.8 Å². The van der Waals surface area contributed by atoms with Gasteiger partial charge in [-0.3, -0.25) is 4.79 Å². The van der Waals surface area contributed by atoms with E-state index in [1.54, 1.807) is 34.6 Å². The molecule has 0 aromatic heterocycles. The molecule has 0 atom stereocenters. The number of benzene rings is 1. The van der Waals surface area contributed by atoms with Crippen LogP contribution in [0.2, 0.25) is 0 Å². The van der Waals surface area contributed by atoms with E-state index in [1.807, 2.05) is 30.3 Å². The summed E-state index contributed by atoms with van der Waals surface area (Å²) in [7, 11) is 0. The lowest BCUT2D eigenvalue weighted by molar-refractivity contribution is -0.155. The van der Waals surface area contributed by atoms with Crippen molar-refractivity contribution in [3.8, 4) is 0 Å². The molecule has 0 saturated carbocycles. The van der Waals surface area contributed by atoms with E-state index in [1.165, 1.54) is 0 Å². The number of ether oxygens (including phenoxy) is 2. The molecule has 1 aromatic carbocycles. The van der Waals surface area contributed by atoms with Crippen LogP contribution in [0.5, 0.6) is 0 Å². The molecular weight excluding hydrogens is 294 g/mol. The second kappa shape index (κ2) is 7.99. The molecule has 5 nitrogen and oxygen atoms in total. The fourth-order valence-electron chi connectivity index (χ4n) is 1.81. The Kier molecular flexibility index (Phi) is 6.61. The van der Waals surface area contributed by atoms with Crippen molar-refractivity contribution in [3.63, 3.8) is 0 Å². The third kappa shape index (κ3) is 7.68. The molecule has 0 bridgehead atoms. The maximum atomic E-state index is 12.2. The molecule has 0 heterocycles. The van der Waals surface area contributed by atoms with Crippen LogP contribution in [0.25, 0.3) is 0 Å². The Labute approximate surface area is 138 Å². The summed E-state index contributed by atoms with van der Waals surface area (Å²) in [5, 5.41) is 2.66. The van der Waals surface area contributed by atoms with E-state index in [2.05, 4.69) is 5.32 Å². The molecule has 0 aliphatic rings. The Morgan fingerprint density at radius 3 is 2.22 bits per heavy atom. The Hall–Kier alpha value is -2.04. The summed E-state index contributed by atoms with van der Waals surface area (Å²) < 4.78 is 10.5. The second-order valence-electron chi connectivity index (χ2n) is 7.12. The molecule has 1 rings (SSSR count). The minimum Gasteiger partial charge on any atom is -0.460 e. The molecule has 0 unspecified atom stereocenters. The fourth-order valence-corrected chi connectivity index (χ4v) is 1.81. The van der Waals surface area contributed by atoms with Gasteiger partial charge in [-0.15, -0.1) is 0 Å². The van der Waals surface area contributed by atoms with Crippen LogP contribution < -0.4 is 5.32 Å². The van der Waals surface area contributed by atoms with Gasteiger partial charge in [-0.05, 0) is 46.6 Å². The molecular formula is C18H27NO4. The minimum absolute atomic E-state index is 0.253. The summed E-state index contributed by atoms with van der Waals surface area (Å²) in [5.41, 5.74) is -0.263. The van der Waals surface area contributed by atoms with Gasteiger partial charge in [0.2, 0.25) is 0 Å². The van der Waals surface area contributed by atoms with Crippen molar-refractivity contribution in [2.24, 2.45) is 5.41 Å². The van der Waals surface area contributed by atoms with E-state index >= 15 is 0 Å². The van der Waals surface area contributed by atoms with Crippen molar-refractivity contribution in [1.29, 1.82) is 0 Å². The largest absolute Gasteiger partial charge is 0.460 e. The molecule has 5 heteroatoms. The molecule has 0 radical (unpaired) electrons. The summed E-state index contributed by atoms with van der Waals surface area (Å²) in [6.45, 7) is 9.62. The number of hydrogen-bond donors (Lipinski definition) is 1. The van der Waals surface area contributed by atoms with E-state index in [0.717, 1.165) is 5.56 Å². The molecule has 1 amide bonds. The topological polar surface area (TPSA) is 64.6 Å². The van der Waals surface area contributed by atoms with Gasteiger partial charge in [0.15, 0.2) is 0 Å². The molecule has 128 valence electrons. The number of carbonyl (C=O) groups is 2. The lowest BCUT2D eigenvalue weighted by Crippen LogP contribution is -2.36. The van der Waals surface area contributed by atoms with Crippen LogP contribution in [0.1, 0.15) is 46.6 Å². The molecule has 0 fully saturated rings. The zero-order chi connectivity index (χ0) is 17.5. The molecule has 0 spiro atoms. The van der Waals surface area contributed by atoms with Crippen molar-refractivity contribution in [3.05, 3.63) is 35.9 Å². The summed E-state index contributed by atoms with van der Waals surface area (Å²) in [4.78, 5) is 23.8. The van der Waals surface area contributed by atoms with E-state index in [9.17, 15) is 9.59 Å². The van der Waals surface area contributed by atoms with Crippen molar-refractivity contribution in [2.45, 2.75) is 53.2 Å². The molecule has 1 N–H and O–H groups in total. The predicted octanol–water partition coefficient (Wildman–Crippen LogP) is 3.67. The van der Waals surface area contributed by atoms with Crippen molar-refractivity contribution in [1.82, 2.24) is 5.32 Å². The third-order valence-corrected chi connectivity index (χ3v) is 3.18. The maximum absolute atomic E-state index is 12.2. The summed E-state index contributed by atoms with van der Waals surface area (Å²) in [6, 6.07) is 9.53. The van der Waals surface area contributed by atoms with Gasteiger partial charge in [0.05, 0.1) is 5.41 Å². The second-order valence-corrected chi connectivity index (χ2v) is 7.12. The highest BCUT2D eigenvalue weighted by Gasteiger charge is 2.29. The number of alkyl carbamates (subject to hydrolysis) is 1. The first kappa shape index (κ1) is 19.0. The number of rotatable bonds is 6. The predicted molar refractivity (Wildman–Crippen MR) is 88.9 cm³/mol. The minimum atomic E-state index is -0.677. The van der Waals surface area contributed by atoms with Crippen molar-refractivity contribution >= 4 is 12.1 Å². The number of carbonyl (C=O) groups excluding carboxylic acids is 2. The first-order chi connectivity index (χ1) is 10.6. The molecule has 0 aliphatic carbocycles. The Balaban J connectivity index is 2.36. The summed E-state index contributed by atoms with van der Waals surface area (Å²) in [6.07, 6.45) is -0.00851. The van der Waals surface area contributed by atoms with Crippen LogP contribution in [-0.4, -0.2) is 24.2 Å². The maximum Gasteiger partial charge on any atom is 0.407 e. The van der Waals surface area contributed by atoms with Crippen LogP contribution in [-0.2, 0) is 20.9 Å². The number of amides is 1. The van der Waals surface area contributed by atoms with E-state index in [0.29, 0.717) is 13.0 Å². The van der Waals surface area contributed by atoms with Gasteiger partial charge in [0, 0.05) is 6.54 Å². The van der Waals surface area contributed by atoms with Crippen LogP contribution in [0.15, 0.2) is 30.3 Å². The standard InChI is InChI=1S/C18H27NO4/c1-17(2,3)23-16(21)19-12-11-18(4,5)15(20)22-13-14-9-7-6-8-10-14/h6-10H,11-13H2,1-5H3,(H,19,21). The van der Waals surface area contributed by atoms with Crippen molar-refractivity contribution in [2.75, 3.05) is 6.54 Å². The quantitative estimate of drug-likeness (QED) is 0.812. The average molecular weight is 321 g/mol. The average Bonchev–Trinajstić information content (AvgIpc) is 2.43. The molecule has 0 aliphatic heterocycles. The lowest BCUT2D eigenvalue weighted by atomic mass is 9.89. The van der Waals surface area contributed by atoms with Gasteiger partial charge in [-0.1, -0.05) is 30.3 Å². The highest BCUT2D eigenvalue weighted by Crippen LogP contribution is 2.22. The zero-order valence-electron chi connectivity index (χ0n) is 14.6. The SMILES string of the molecule is CC(C)(C)OC(=O)NCCC(C)(C)C(=O)OCc1ccccc1. The van der Waals surface area contributed by atoms with Gasteiger partial charge in [-0.25, -0.2) is 4.79 Å². The highest BCUT2D eigenvalue weighted by molar-refractivity contribution is 5.76.